The van der Waals surface area contributed by atoms with Crippen LogP contribution in [0.25, 0.3) is 0 Å². The standard InChI is InChI=1S/C32H48N2O5S/c1-11-15-38-20-23-19-32(18-21(2)3,29(36)39-31(7,8)9)34(26(23)27-33-14-16-40-27)28(35)22-12-13-24(30(4,5)6)25(17-22)37-10/h12-14,16-17,21,23,26H,11,15,18-20H2,1-10H3/t23-,26+,32-/m0/s1. The van der Waals surface area contributed by atoms with Crippen LogP contribution in [-0.2, 0) is 19.7 Å². The van der Waals surface area contributed by atoms with Crippen LogP contribution in [0, 0.1) is 11.8 Å². The summed E-state index contributed by atoms with van der Waals surface area (Å²) >= 11 is 1.50. The molecule has 0 radical (unpaired) electrons. The van der Waals surface area contributed by atoms with Crippen molar-refractivity contribution in [2.24, 2.45) is 11.8 Å². The Morgan fingerprint density at radius 2 is 1.88 bits per heavy atom. The van der Waals surface area contributed by atoms with Crippen LogP contribution in [0.3, 0.4) is 0 Å². The smallest absolute Gasteiger partial charge is 0.332 e. The van der Waals surface area contributed by atoms with Gasteiger partial charge in [-0.1, -0.05) is 47.6 Å². The van der Waals surface area contributed by atoms with E-state index in [1.54, 1.807) is 24.3 Å². The quantitative estimate of drug-likeness (QED) is 0.221. The minimum atomic E-state index is -1.18. The second-order valence-corrected chi connectivity index (χ2v) is 14.3. The molecule has 0 N–H and O–H groups in total. The summed E-state index contributed by atoms with van der Waals surface area (Å²) in [5, 5.41) is 2.71. The summed E-state index contributed by atoms with van der Waals surface area (Å²) in [7, 11) is 1.62. The van der Waals surface area contributed by atoms with Gasteiger partial charge in [-0.05, 0) is 69.1 Å². The number of methoxy groups -OCH3 is 1. The third kappa shape index (κ3) is 7.06. The molecule has 1 amide bonds. The number of esters is 1. The first kappa shape index (κ1) is 32.1. The second kappa shape index (κ2) is 12.6. The number of hydrogen-bond acceptors (Lipinski definition) is 7. The van der Waals surface area contributed by atoms with E-state index in [4.69, 9.17) is 14.2 Å². The van der Waals surface area contributed by atoms with Gasteiger partial charge in [0.25, 0.3) is 5.91 Å². The molecule has 2 heterocycles. The Morgan fingerprint density at radius 1 is 1.18 bits per heavy atom. The molecule has 222 valence electrons. The van der Waals surface area contributed by atoms with Gasteiger partial charge >= 0.3 is 5.97 Å². The monoisotopic (exact) mass is 572 g/mol. The molecule has 0 bridgehead atoms. The second-order valence-electron chi connectivity index (χ2n) is 13.3. The molecule has 1 aromatic carbocycles. The van der Waals surface area contributed by atoms with Crippen molar-refractivity contribution in [2.45, 2.75) is 104 Å². The molecule has 7 nitrogen and oxygen atoms in total. The number of carbonyl (C=O) groups is 2. The molecule has 1 aliphatic heterocycles. The van der Waals surface area contributed by atoms with Gasteiger partial charge in [-0.3, -0.25) is 4.79 Å². The summed E-state index contributed by atoms with van der Waals surface area (Å²) in [6.07, 6.45) is 3.55. The number of carbonyl (C=O) groups excluding carboxylic acids is 2. The summed E-state index contributed by atoms with van der Waals surface area (Å²) < 4.78 is 17.9. The maximum Gasteiger partial charge on any atom is 0.332 e. The van der Waals surface area contributed by atoms with E-state index in [1.165, 1.54) is 11.3 Å². The lowest BCUT2D eigenvalue weighted by molar-refractivity contribution is -0.168. The van der Waals surface area contributed by atoms with E-state index in [-0.39, 0.29) is 29.1 Å². The first-order valence-corrected chi connectivity index (χ1v) is 15.2. The Kier molecular flexibility index (Phi) is 10.1. The highest BCUT2D eigenvalue weighted by Crippen LogP contribution is 2.52. The molecule has 1 saturated heterocycles. The van der Waals surface area contributed by atoms with E-state index in [0.29, 0.717) is 37.4 Å². The van der Waals surface area contributed by atoms with Crippen molar-refractivity contribution < 1.29 is 23.8 Å². The van der Waals surface area contributed by atoms with Gasteiger partial charge in [0, 0.05) is 29.7 Å². The fourth-order valence-electron chi connectivity index (χ4n) is 5.74. The van der Waals surface area contributed by atoms with Gasteiger partial charge in [0.15, 0.2) is 0 Å². The number of ether oxygens (including phenoxy) is 3. The van der Waals surface area contributed by atoms with Crippen LogP contribution in [0.4, 0.5) is 0 Å². The molecule has 0 saturated carbocycles. The van der Waals surface area contributed by atoms with Gasteiger partial charge in [-0.15, -0.1) is 11.3 Å². The SMILES string of the molecule is CCCOC[C@@H]1C[C@@](CC(C)C)(C(=O)OC(C)(C)C)N(C(=O)c2ccc(C(C)(C)C)c(OC)c2)[C@H]1c1nccs1. The van der Waals surface area contributed by atoms with Crippen LogP contribution < -0.4 is 4.74 Å². The zero-order valence-electron chi connectivity index (χ0n) is 26.0. The van der Waals surface area contributed by atoms with Crippen molar-refractivity contribution in [3.63, 3.8) is 0 Å². The summed E-state index contributed by atoms with van der Waals surface area (Å²) in [6.45, 7) is 19.2. The van der Waals surface area contributed by atoms with E-state index < -0.39 is 17.2 Å². The van der Waals surface area contributed by atoms with Gasteiger partial charge in [0.2, 0.25) is 0 Å². The lowest BCUT2D eigenvalue weighted by Gasteiger charge is -2.41. The van der Waals surface area contributed by atoms with Crippen LogP contribution >= 0.6 is 11.3 Å². The maximum absolute atomic E-state index is 14.7. The zero-order chi connectivity index (χ0) is 29.9. The fraction of sp³-hybridized carbons (Fsp3) is 0.656. The van der Waals surface area contributed by atoms with E-state index >= 15 is 0 Å². The predicted molar refractivity (Wildman–Crippen MR) is 160 cm³/mol. The molecule has 1 aliphatic rings. The minimum Gasteiger partial charge on any atom is -0.496 e. The number of benzene rings is 1. The van der Waals surface area contributed by atoms with E-state index in [0.717, 1.165) is 17.0 Å². The fourth-order valence-corrected chi connectivity index (χ4v) is 6.56. The summed E-state index contributed by atoms with van der Waals surface area (Å²) in [5.41, 5.74) is -0.565. The van der Waals surface area contributed by atoms with Crippen molar-refractivity contribution in [1.29, 1.82) is 0 Å². The van der Waals surface area contributed by atoms with Crippen molar-refractivity contribution in [1.82, 2.24) is 9.88 Å². The molecule has 3 rings (SSSR count). The van der Waals surface area contributed by atoms with Crippen molar-refractivity contribution in [3.8, 4) is 5.75 Å². The molecule has 8 heteroatoms. The van der Waals surface area contributed by atoms with Crippen LogP contribution in [0.1, 0.15) is 109 Å². The summed E-state index contributed by atoms with van der Waals surface area (Å²) in [4.78, 5) is 35.4. The largest absolute Gasteiger partial charge is 0.496 e. The lowest BCUT2D eigenvalue weighted by atomic mass is 9.83. The molecular formula is C32H48N2O5S. The zero-order valence-corrected chi connectivity index (χ0v) is 26.8. The Labute approximate surface area is 244 Å². The number of thiazole rings is 1. The number of rotatable bonds is 10. The van der Waals surface area contributed by atoms with Gasteiger partial charge in [-0.2, -0.15) is 0 Å². The predicted octanol–water partition coefficient (Wildman–Crippen LogP) is 7.21. The highest BCUT2D eigenvalue weighted by atomic mass is 32.1. The average Bonchev–Trinajstić information content (AvgIpc) is 3.48. The van der Waals surface area contributed by atoms with Gasteiger partial charge in [0.1, 0.15) is 21.9 Å². The molecule has 0 spiro atoms. The van der Waals surface area contributed by atoms with Crippen LogP contribution in [0.5, 0.6) is 5.75 Å². The molecule has 40 heavy (non-hydrogen) atoms. The highest BCUT2D eigenvalue weighted by Gasteiger charge is 2.60. The minimum absolute atomic E-state index is 0.122. The third-order valence-corrected chi connectivity index (χ3v) is 8.02. The molecule has 0 unspecified atom stereocenters. The average molecular weight is 573 g/mol. The van der Waals surface area contributed by atoms with E-state index in [1.807, 2.05) is 38.3 Å². The molecule has 2 aromatic rings. The van der Waals surface area contributed by atoms with Gasteiger partial charge < -0.3 is 19.1 Å². The summed E-state index contributed by atoms with van der Waals surface area (Å²) in [6, 6.07) is 5.18. The molecule has 1 fully saturated rings. The van der Waals surface area contributed by atoms with E-state index in [2.05, 4.69) is 46.5 Å². The highest BCUT2D eigenvalue weighted by molar-refractivity contribution is 7.09. The first-order chi connectivity index (χ1) is 18.6. The topological polar surface area (TPSA) is 78.0 Å². The Bertz CT molecular complexity index is 1150. The Balaban J connectivity index is 2.24. The number of amides is 1. The number of hydrogen-bond donors (Lipinski definition) is 0. The molecule has 1 aromatic heterocycles. The Morgan fingerprint density at radius 3 is 2.40 bits per heavy atom. The third-order valence-electron chi connectivity index (χ3n) is 7.17. The first-order valence-electron chi connectivity index (χ1n) is 14.4. The molecule has 0 aliphatic carbocycles. The number of nitrogens with zero attached hydrogens (tertiary/aromatic N) is 2. The van der Waals surface area contributed by atoms with Crippen molar-refractivity contribution in [3.05, 3.63) is 45.9 Å². The van der Waals surface area contributed by atoms with Crippen molar-refractivity contribution in [2.75, 3.05) is 20.3 Å². The Hall–Kier alpha value is -2.45. The lowest BCUT2D eigenvalue weighted by Crippen LogP contribution is -2.56. The van der Waals surface area contributed by atoms with Gasteiger partial charge in [-0.25, -0.2) is 9.78 Å². The normalized spacial score (nSPS) is 21.6. The van der Waals surface area contributed by atoms with Crippen molar-refractivity contribution >= 4 is 23.2 Å². The van der Waals surface area contributed by atoms with E-state index in [9.17, 15) is 9.59 Å². The van der Waals surface area contributed by atoms with Gasteiger partial charge in [0.05, 0.1) is 19.8 Å². The number of aromatic nitrogens is 1. The summed E-state index contributed by atoms with van der Waals surface area (Å²) in [5.74, 6) is 0.0535. The molecular weight excluding hydrogens is 524 g/mol. The molecule has 3 atom stereocenters. The van der Waals surface area contributed by atoms with Crippen LogP contribution in [0.2, 0.25) is 0 Å². The number of likely N-dealkylation sites (tertiary alicyclic amines) is 1. The van der Waals surface area contributed by atoms with Crippen LogP contribution in [-0.4, -0.2) is 53.2 Å². The van der Waals surface area contributed by atoms with Crippen LogP contribution in [0.15, 0.2) is 29.8 Å². The maximum atomic E-state index is 14.7.